The number of carbonyl (C=O) groups excluding carboxylic acids is 1. The largest absolute Gasteiger partial charge is 0.394 e. The third-order valence-electron chi connectivity index (χ3n) is 12.4. The summed E-state index contributed by atoms with van der Waals surface area (Å²) >= 11 is 0. The second kappa shape index (κ2) is 38.8. The van der Waals surface area contributed by atoms with E-state index in [4.69, 9.17) is 9.47 Å². The molecule has 9 nitrogen and oxygen atoms in total. The summed E-state index contributed by atoms with van der Waals surface area (Å²) in [7, 11) is 0. The normalized spacial score (nSPS) is 21.4. The molecule has 1 aliphatic rings. The number of carbonyl (C=O) groups is 1. The molecule has 0 spiro atoms. The van der Waals surface area contributed by atoms with Gasteiger partial charge >= 0.3 is 0 Å². The van der Waals surface area contributed by atoms with Crippen LogP contribution in [0.15, 0.2) is 12.2 Å². The molecule has 0 saturated carbocycles. The standard InChI is InChI=1S/C49H95NO8/c1-4-6-7-8-9-10-11-12-13-14-15-16-17-18-19-20-21-22-23-24-29-32-35-38-45(53)50-42(40-57-49-48(56)47(55)46(54)44(39-51)58-49)43(52)37-34-31-28-26-25-27-30-33-36-41(3)5-2/h34,37,41-44,46-49,51-52,54-56H,4-33,35-36,38-40H2,1-3H3,(H,50,53)/b37-34+/t41?,42-,43+,44+,46+,47-,48+,49+/m0/s1. The van der Waals surface area contributed by atoms with Crippen LogP contribution in [-0.2, 0) is 14.3 Å². The molecular formula is C49H95NO8. The van der Waals surface area contributed by atoms with E-state index in [2.05, 4.69) is 26.1 Å². The first-order chi connectivity index (χ1) is 28.2. The fourth-order valence-electron chi connectivity index (χ4n) is 8.02. The molecule has 9 heteroatoms. The van der Waals surface area contributed by atoms with E-state index in [1.807, 2.05) is 6.08 Å². The van der Waals surface area contributed by atoms with Crippen LogP contribution in [0.25, 0.3) is 0 Å². The van der Waals surface area contributed by atoms with Crippen LogP contribution in [0.1, 0.15) is 233 Å². The Morgan fingerprint density at radius 1 is 0.638 bits per heavy atom. The molecule has 1 rings (SSSR count). The molecule has 1 amide bonds. The SMILES string of the molecule is CCCCCCCCCCCCCCCCCCCCCCCCCC(=O)N[C@@H](CO[C@@H]1O[C@H](CO)[C@@H](O)[C@H](O)[C@H]1O)[C@H](O)/C=C/CCCCCCCCC(C)CC. The van der Waals surface area contributed by atoms with E-state index in [0.29, 0.717) is 6.42 Å². The second-order valence-corrected chi connectivity index (χ2v) is 17.9. The lowest BCUT2D eigenvalue weighted by atomic mass is 9.99. The van der Waals surface area contributed by atoms with Crippen molar-refractivity contribution in [3.63, 3.8) is 0 Å². The molecule has 344 valence electrons. The Morgan fingerprint density at radius 2 is 1.09 bits per heavy atom. The molecule has 0 aromatic rings. The van der Waals surface area contributed by atoms with E-state index in [0.717, 1.165) is 44.4 Å². The third kappa shape index (κ3) is 29.2. The van der Waals surface area contributed by atoms with Crippen molar-refractivity contribution >= 4 is 5.91 Å². The Labute approximate surface area is 356 Å². The average molecular weight is 826 g/mol. The van der Waals surface area contributed by atoms with Crippen molar-refractivity contribution in [1.29, 1.82) is 0 Å². The molecule has 1 unspecified atom stereocenters. The summed E-state index contributed by atoms with van der Waals surface area (Å²) < 4.78 is 11.2. The molecule has 0 radical (unpaired) electrons. The number of aliphatic hydroxyl groups excluding tert-OH is 5. The molecule has 1 fully saturated rings. The van der Waals surface area contributed by atoms with Crippen LogP contribution >= 0.6 is 0 Å². The van der Waals surface area contributed by atoms with Gasteiger partial charge in [-0.25, -0.2) is 0 Å². The molecule has 8 atom stereocenters. The zero-order valence-corrected chi connectivity index (χ0v) is 38.0. The summed E-state index contributed by atoms with van der Waals surface area (Å²) in [5.41, 5.74) is 0. The van der Waals surface area contributed by atoms with Gasteiger partial charge in [-0.05, 0) is 25.2 Å². The second-order valence-electron chi connectivity index (χ2n) is 17.9. The lowest BCUT2D eigenvalue weighted by molar-refractivity contribution is -0.302. The number of unbranched alkanes of at least 4 members (excludes halogenated alkanes) is 28. The van der Waals surface area contributed by atoms with Gasteiger partial charge in [-0.3, -0.25) is 4.79 Å². The summed E-state index contributed by atoms with van der Waals surface area (Å²) in [5.74, 6) is 0.641. The smallest absolute Gasteiger partial charge is 0.220 e. The van der Waals surface area contributed by atoms with Gasteiger partial charge in [0.25, 0.3) is 0 Å². The number of amides is 1. The van der Waals surface area contributed by atoms with Gasteiger partial charge in [0.2, 0.25) is 5.91 Å². The topological polar surface area (TPSA) is 149 Å². The maximum Gasteiger partial charge on any atom is 0.220 e. The first kappa shape index (κ1) is 54.9. The zero-order chi connectivity index (χ0) is 42.5. The van der Waals surface area contributed by atoms with Crippen molar-refractivity contribution < 1.29 is 39.8 Å². The van der Waals surface area contributed by atoms with Crippen molar-refractivity contribution in [3.8, 4) is 0 Å². The highest BCUT2D eigenvalue weighted by molar-refractivity contribution is 5.76. The van der Waals surface area contributed by atoms with Crippen molar-refractivity contribution in [2.75, 3.05) is 13.2 Å². The highest BCUT2D eigenvalue weighted by Crippen LogP contribution is 2.23. The molecule has 0 aliphatic carbocycles. The average Bonchev–Trinajstić information content (AvgIpc) is 3.22. The van der Waals surface area contributed by atoms with Crippen LogP contribution in [0.4, 0.5) is 0 Å². The molecule has 0 aromatic carbocycles. The van der Waals surface area contributed by atoms with Crippen molar-refractivity contribution in [2.24, 2.45) is 5.92 Å². The monoisotopic (exact) mass is 826 g/mol. The van der Waals surface area contributed by atoms with Crippen LogP contribution in [0.5, 0.6) is 0 Å². The van der Waals surface area contributed by atoms with Gasteiger partial charge in [0.15, 0.2) is 6.29 Å². The van der Waals surface area contributed by atoms with Crippen LogP contribution in [-0.4, -0.2) is 87.5 Å². The lowest BCUT2D eigenvalue weighted by Crippen LogP contribution is -2.60. The van der Waals surface area contributed by atoms with Gasteiger partial charge in [-0.1, -0.05) is 219 Å². The number of ether oxygens (including phenoxy) is 2. The van der Waals surface area contributed by atoms with Gasteiger partial charge in [-0.15, -0.1) is 0 Å². The Balaban J connectivity index is 2.24. The Kier molecular flexibility index (Phi) is 36.8. The predicted molar refractivity (Wildman–Crippen MR) is 240 cm³/mol. The van der Waals surface area contributed by atoms with E-state index >= 15 is 0 Å². The van der Waals surface area contributed by atoms with Crippen molar-refractivity contribution in [1.82, 2.24) is 5.32 Å². The summed E-state index contributed by atoms with van der Waals surface area (Å²) in [6.45, 7) is 6.11. The first-order valence-electron chi connectivity index (χ1n) is 24.8. The number of allylic oxidation sites excluding steroid dienone is 1. The summed E-state index contributed by atoms with van der Waals surface area (Å²) in [6.07, 6.45) is 37.0. The highest BCUT2D eigenvalue weighted by Gasteiger charge is 2.44. The maximum atomic E-state index is 13.0. The molecule has 1 heterocycles. The highest BCUT2D eigenvalue weighted by atomic mass is 16.7. The molecule has 6 N–H and O–H groups in total. The summed E-state index contributed by atoms with van der Waals surface area (Å²) in [6, 6.07) is -0.800. The van der Waals surface area contributed by atoms with E-state index in [9.17, 15) is 30.3 Å². The van der Waals surface area contributed by atoms with Crippen LogP contribution < -0.4 is 5.32 Å². The van der Waals surface area contributed by atoms with Gasteiger partial charge in [0.05, 0.1) is 25.4 Å². The van der Waals surface area contributed by atoms with Gasteiger partial charge < -0.3 is 40.3 Å². The zero-order valence-electron chi connectivity index (χ0n) is 38.0. The maximum absolute atomic E-state index is 13.0. The molecular weight excluding hydrogens is 731 g/mol. The summed E-state index contributed by atoms with van der Waals surface area (Å²) in [4.78, 5) is 13.0. The van der Waals surface area contributed by atoms with E-state index in [-0.39, 0.29) is 12.5 Å². The van der Waals surface area contributed by atoms with Crippen LogP contribution in [0.3, 0.4) is 0 Å². The van der Waals surface area contributed by atoms with Crippen molar-refractivity contribution in [2.45, 2.75) is 276 Å². The minimum Gasteiger partial charge on any atom is -0.394 e. The Hall–Kier alpha value is -1.07. The van der Waals surface area contributed by atoms with E-state index in [1.165, 1.54) is 167 Å². The number of rotatable bonds is 41. The molecule has 58 heavy (non-hydrogen) atoms. The quantitative estimate of drug-likeness (QED) is 0.0264. The van der Waals surface area contributed by atoms with Gasteiger partial charge in [-0.2, -0.15) is 0 Å². The molecule has 0 bridgehead atoms. The number of nitrogens with one attached hydrogen (secondary N) is 1. The Bertz CT molecular complexity index is 934. The van der Waals surface area contributed by atoms with E-state index < -0.39 is 49.5 Å². The number of aliphatic hydroxyl groups is 5. The first-order valence-corrected chi connectivity index (χ1v) is 24.8. The van der Waals surface area contributed by atoms with Gasteiger partial charge in [0, 0.05) is 6.42 Å². The third-order valence-corrected chi connectivity index (χ3v) is 12.4. The Morgan fingerprint density at radius 3 is 1.55 bits per heavy atom. The number of hydrogen-bond acceptors (Lipinski definition) is 8. The van der Waals surface area contributed by atoms with Crippen LogP contribution in [0, 0.1) is 5.92 Å². The number of hydrogen-bond donors (Lipinski definition) is 6. The molecule has 1 saturated heterocycles. The fraction of sp³-hybridized carbons (Fsp3) is 0.939. The lowest BCUT2D eigenvalue weighted by Gasteiger charge is -2.40. The minimum atomic E-state index is -1.56. The van der Waals surface area contributed by atoms with Crippen molar-refractivity contribution in [3.05, 3.63) is 12.2 Å². The molecule has 1 aliphatic heterocycles. The molecule has 0 aromatic heterocycles. The van der Waals surface area contributed by atoms with Gasteiger partial charge in [0.1, 0.15) is 24.4 Å². The minimum absolute atomic E-state index is 0.174. The summed E-state index contributed by atoms with van der Waals surface area (Å²) in [5, 5.41) is 54.2. The van der Waals surface area contributed by atoms with Crippen LogP contribution in [0.2, 0.25) is 0 Å². The predicted octanol–water partition coefficient (Wildman–Crippen LogP) is 10.8. The van der Waals surface area contributed by atoms with E-state index in [1.54, 1.807) is 6.08 Å². The fourth-order valence-corrected chi connectivity index (χ4v) is 8.02.